The largest absolute Gasteiger partial charge is 0.416 e. The molecule has 0 fully saturated rings. The number of aromatic nitrogens is 2. The van der Waals surface area contributed by atoms with E-state index in [1.807, 2.05) is 44.2 Å². The van der Waals surface area contributed by atoms with Crippen LogP contribution >= 0.6 is 0 Å². The second-order valence-corrected chi connectivity index (χ2v) is 9.34. The normalized spacial score (nSPS) is 12.3. The topological polar surface area (TPSA) is 105 Å². The molecule has 3 rings (SSSR count). The average Bonchev–Trinajstić information content (AvgIpc) is 2.88. The predicted octanol–water partition coefficient (Wildman–Crippen LogP) is 4.68. The molecule has 200 valence electrons. The highest BCUT2D eigenvalue weighted by molar-refractivity contribution is 5.94. The van der Waals surface area contributed by atoms with Gasteiger partial charge in [0.15, 0.2) is 0 Å². The number of alkyl halides is 3. The van der Waals surface area contributed by atoms with Crippen LogP contribution in [0.3, 0.4) is 0 Å². The molecule has 0 spiro atoms. The van der Waals surface area contributed by atoms with Gasteiger partial charge in [0.1, 0.15) is 17.6 Å². The summed E-state index contributed by atoms with van der Waals surface area (Å²) in [6.07, 6.45) is -4.12. The lowest BCUT2D eigenvalue weighted by Gasteiger charge is -2.36. The number of nitriles is 1. The van der Waals surface area contributed by atoms with Gasteiger partial charge in [0.25, 0.3) is 11.5 Å². The maximum Gasteiger partial charge on any atom is 0.416 e. The summed E-state index contributed by atoms with van der Waals surface area (Å²) in [4.78, 5) is 32.4. The molecule has 2 N–H and O–H groups in total. The molecular weight excluding hydrogens is 495 g/mol. The van der Waals surface area contributed by atoms with Crippen LogP contribution in [0.25, 0.3) is 0 Å². The molecule has 0 aliphatic rings. The Labute approximate surface area is 219 Å². The van der Waals surface area contributed by atoms with Crippen LogP contribution in [0.15, 0.2) is 59.4 Å². The van der Waals surface area contributed by atoms with E-state index in [1.54, 1.807) is 4.57 Å². The summed E-state index contributed by atoms with van der Waals surface area (Å²) in [5.41, 5.74) is 5.55. The Bertz CT molecular complexity index is 1360. The second-order valence-electron chi connectivity index (χ2n) is 9.34. The highest BCUT2D eigenvalue weighted by Gasteiger charge is 2.34. The number of nitrogens with zero attached hydrogens (tertiary/aromatic N) is 4. The number of amides is 1. The van der Waals surface area contributed by atoms with E-state index in [1.165, 1.54) is 11.8 Å². The van der Waals surface area contributed by atoms with Crippen molar-refractivity contribution in [2.75, 3.05) is 13.1 Å². The van der Waals surface area contributed by atoms with Gasteiger partial charge < -0.3 is 15.2 Å². The Morgan fingerprint density at radius 1 is 1.13 bits per heavy atom. The molecule has 0 aliphatic carbocycles. The van der Waals surface area contributed by atoms with E-state index in [2.05, 4.69) is 11.1 Å². The fraction of sp³-hybridized carbons (Fsp3) is 0.357. The van der Waals surface area contributed by atoms with Crippen LogP contribution in [0, 0.1) is 24.2 Å². The maximum atomic E-state index is 13.7. The summed E-state index contributed by atoms with van der Waals surface area (Å²) in [5, 5.41) is 9.98. The summed E-state index contributed by atoms with van der Waals surface area (Å²) < 4.78 is 40.9. The molecule has 3 aromatic rings. The number of rotatable bonds is 9. The van der Waals surface area contributed by atoms with Crippen molar-refractivity contribution in [2.45, 2.75) is 46.0 Å². The smallest absolute Gasteiger partial charge is 0.330 e. The summed E-state index contributed by atoms with van der Waals surface area (Å²) in [5.74, 6) is -0.562. The molecule has 1 amide bonds. The number of carbonyl (C=O) groups is 1. The van der Waals surface area contributed by atoms with Crippen molar-refractivity contribution in [3.63, 3.8) is 0 Å². The summed E-state index contributed by atoms with van der Waals surface area (Å²) >= 11 is 0. The van der Waals surface area contributed by atoms with E-state index in [0.717, 1.165) is 29.8 Å². The van der Waals surface area contributed by atoms with E-state index in [-0.39, 0.29) is 48.2 Å². The second kappa shape index (κ2) is 12.0. The van der Waals surface area contributed by atoms with Gasteiger partial charge in [0, 0.05) is 12.1 Å². The third kappa shape index (κ3) is 6.29. The maximum absolute atomic E-state index is 13.7. The van der Waals surface area contributed by atoms with Crippen molar-refractivity contribution < 1.29 is 18.0 Å². The predicted molar refractivity (Wildman–Crippen MR) is 137 cm³/mol. The Hall–Kier alpha value is -3.97. The first kappa shape index (κ1) is 28.6. The van der Waals surface area contributed by atoms with Crippen LogP contribution in [0.4, 0.5) is 13.2 Å². The quantitative estimate of drug-likeness (QED) is 0.437. The van der Waals surface area contributed by atoms with E-state index >= 15 is 0 Å². The lowest BCUT2D eigenvalue weighted by Crippen LogP contribution is -2.42. The Morgan fingerprint density at radius 3 is 2.29 bits per heavy atom. The molecule has 0 saturated carbocycles. The molecule has 38 heavy (non-hydrogen) atoms. The molecule has 0 aliphatic heterocycles. The van der Waals surface area contributed by atoms with Gasteiger partial charge in [-0.1, -0.05) is 44.2 Å². The Morgan fingerprint density at radius 2 is 1.76 bits per heavy atom. The molecule has 1 heterocycles. The number of benzene rings is 2. The molecule has 1 atom stereocenters. The zero-order valence-corrected chi connectivity index (χ0v) is 21.5. The standard InChI is InChI=1S/C28H30F3N5O2/c1-18(2)24(35(15-7-14-32)27(38)21-10-12-22(13-11-21)28(29,30)31)25-34-26(37)19(3)23(16-33)36(25)17-20-8-5-4-6-9-20/h4-6,8-13,18,24H,7,14-15,17,32H2,1-3H3. The van der Waals surface area contributed by atoms with E-state index < -0.39 is 29.2 Å². The molecule has 10 heteroatoms. The lowest BCUT2D eigenvalue weighted by atomic mass is 9.98. The first-order chi connectivity index (χ1) is 18.0. The minimum absolute atomic E-state index is 0.0604. The first-order valence-corrected chi connectivity index (χ1v) is 12.2. The molecular formula is C28H30F3N5O2. The zero-order chi connectivity index (χ0) is 28.0. The number of hydrogen-bond donors (Lipinski definition) is 1. The minimum atomic E-state index is -4.53. The molecule has 0 bridgehead atoms. The molecule has 2 aromatic carbocycles. The van der Waals surface area contributed by atoms with Crippen molar-refractivity contribution >= 4 is 5.91 Å². The monoisotopic (exact) mass is 525 g/mol. The molecule has 1 unspecified atom stereocenters. The lowest BCUT2D eigenvalue weighted by molar-refractivity contribution is -0.137. The first-order valence-electron chi connectivity index (χ1n) is 12.2. The van der Waals surface area contributed by atoms with Crippen molar-refractivity contribution in [1.29, 1.82) is 5.26 Å². The SMILES string of the molecule is Cc1c(C#N)n(Cc2ccccc2)c(C(C(C)C)N(CCCN)C(=O)c2ccc(C(F)(F)F)cc2)nc1=O. The number of hydrogen-bond acceptors (Lipinski definition) is 5. The number of nitrogens with two attached hydrogens (primary N) is 1. The van der Waals surface area contributed by atoms with Gasteiger partial charge in [0.2, 0.25) is 0 Å². The van der Waals surface area contributed by atoms with Crippen LogP contribution in [0.2, 0.25) is 0 Å². The van der Waals surface area contributed by atoms with Gasteiger partial charge >= 0.3 is 6.18 Å². The third-order valence-corrected chi connectivity index (χ3v) is 6.28. The van der Waals surface area contributed by atoms with Crippen molar-refractivity contribution in [3.8, 4) is 6.07 Å². The van der Waals surface area contributed by atoms with E-state index in [4.69, 9.17) is 5.73 Å². The van der Waals surface area contributed by atoms with Crippen molar-refractivity contribution in [3.05, 3.63) is 98.7 Å². The van der Waals surface area contributed by atoms with Gasteiger partial charge in [-0.05, 0) is 55.6 Å². The van der Waals surface area contributed by atoms with Gasteiger partial charge in [0.05, 0.1) is 23.7 Å². The van der Waals surface area contributed by atoms with Crippen LogP contribution in [-0.4, -0.2) is 33.4 Å². The van der Waals surface area contributed by atoms with Crippen molar-refractivity contribution in [2.24, 2.45) is 11.7 Å². The average molecular weight is 526 g/mol. The van der Waals surface area contributed by atoms with Crippen LogP contribution in [0.5, 0.6) is 0 Å². The van der Waals surface area contributed by atoms with E-state index in [9.17, 15) is 28.0 Å². The molecule has 7 nitrogen and oxygen atoms in total. The molecule has 0 saturated heterocycles. The zero-order valence-electron chi connectivity index (χ0n) is 21.5. The van der Waals surface area contributed by atoms with Crippen LogP contribution in [-0.2, 0) is 12.7 Å². The fourth-order valence-corrected chi connectivity index (χ4v) is 4.36. The number of carbonyl (C=O) groups excluding carboxylic acids is 1. The van der Waals surface area contributed by atoms with Gasteiger partial charge in [-0.3, -0.25) is 9.59 Å². The van der Waals surface area contributed by atoms with Crippen LogP contribution in [0.1, 0.15) is 64.9 Å². The summed E-state index contributed by atoms with van der Waals surface area (Å²) in [6.45, 7) is 5.91. The van der Waals surface area contributed by atoms with Crippen LogP contribution < -0.4 is 11.3 Å². The summed E-state index contributed by atoms with van der Waals surface area (Å²) in [6, 6.07) is 14.7. The van der Waals surface area contributed by atoms with Gasteiger partial charge in [-0.15, -0.1) is 0 Å². The third-order valence-electron chi connectivity index (χ3n) is 6.28. The van der Waals surface area contributed by atoms with Gasteiger partial charge in [-0.25, -0.2) is 0 Å². The Kier molecular flexibility index (Phi) is 9.07. The summed E-state index contributed by atoms with van der Waals surface area (Å²) in [7, 11) is 0. The van der Waals surface area contributed by atoms with Crippen molar-refractivity contribution in [1.82, 2.24) is 14.5 Å². The molecule has 0 radical (unpaired) electrons. The highest BCUT2D eigenvalue weighted by Crippen LogP contribution is 2.32. The minimum Gasteiger partial charge on any atom is -0.330 e. The molecule has 1 aromatic heterocycles. The van der Waals surface area contributed by atoms with E-state index in [0.29, 0.717) is 6.42 Å². The fourth-order valence-electron chi connectivity index (χ4n) is 4.36. The van der Waals surface area contributed by atoms with Gasteiger partial charge in [-0.2, -0.15) is 23.4 Å². The number of halogens is 3. The highest BCUT2D eigenvalue weighted by atomic mass is 19.4. The Balaban J connectivity index is 2.19.